The van der Waals surface area contributed by atoms with E-state index in [0.29, 0.717) is 5.92 Å². The van der Waals surface area contributed by atoms with E-state index < -0.39 is 0 Å². The molecule has 0 saturated carbocycles. The summed E-state index contributed by atoms with van der Waals surface area (Å²) in [4.78, 5) is 5.36. The highest BCUT2D eigenvalue weighted by Crippen LogP contribution is 2.34. The Morgan fingerprint density at radius 3 is 2.58 bits per heavy atom. The number of anilines is 1. The van der Waals surface area contributed by atoms with Crippen molar-refractivity contribution in [3.63, 3.8) is 0 Å². The molecule has 0 radical (unpaired) electrons. The maximum Gasteiger partial charge on any atom is 0.0366 e. The lowest BCUT2D eigenvalue weighted by atomic mass is 10.1. The van der Waals surface area contributed by atoms with Gasteiger partial charge in [0.2, 0.25) is 0 Å². The third kappa shape index (κ3) is 3.15. The fourth-order valence-corrected chi connectivity index (χ4v) is 3.75. The molecule has 2 nitrogen and oxygen atoms in total. The lowest BCUT2D eigenvalue weighted by molar-refractivity contribution is 0.591. The van der Waals surface area contributed by atoms with Crippen molar-refractivity contribution >= 4 is 17.4 Å². The Morgan fingerprint density at radius 1 is 1.16 bits per heavy atom. The van der Waals surface area contributed by atoms with Gasteiger partial charge in [0.25, 0.3) is 0 Å². The third-order valence-electron chi connectivity index (χ3n) is 3.93. The molecule has 102 valence electrons. The summed E-state index contributed by atoms with van der Waals surface area (Å²) >= 11 is 1.93. The Labute approximate surface area is 120 Å². The highest BCUT2D eigenvalue weighted by molar-refractivity contribution is 8.03. The third-order valence-corrected chi connectivity index (χ3v) is 5.24. The number of nitrogens with one attached hydrogen (secondary N) is 1. The van der Waals surface area contributed by atoms with Crippen LogP contribution in [0.2, 0.25) is 0 Å². The Kier molecular flexibility index (Phi) is 4.14. The lowest BCUT2D eigenvalue weighted by Crippen LogP contribution is -2.26. The standard InChI is InChI=1S/C16H22N2S/c1-13-12-17-9-8-16(13)19-15-6-4-14(5-7-15)18-10-2-3-11-18/h4-8,13,17H,2-3,9-12H2,1H3. The SMILES string of the molecule is CC1CNCC=C1Sc1ccc(N2CCCC2)cc1. The molecule has 1 fully saturated rings. The zero-order valence-electron chi connectivity index (χ0n) is 11.6. The minimum absolute atomic E-state index is 0.636. The Balaban J connectivity index is 1.67. The van der Waals surface area contributed by atoms with Crippen molar-refractivity contribution in [2.75, 3.05) is 31.1 Å². The molecule has 3 rings (SSSR count). The molecule has 3 heteroatoms. The van der Waals surface area contributed by atoms with Crippen molar-refractivity contribution in [2.45, 2.75) is 24.7 Å². The lowest BCUT2D eigenvalue weighted by Gasteiger charge is -2.21. The van der Waals surface area contributed by atoms with E-state index in [1.165, 1.54) is 41.4 Å². The molecule has 2 aliphatic heterocycles. The van der Waals surface area contributed by atoms with Crippen molar-refractivity contribution < 1.29 is 0 Å². The molecular weight excluding hydrogens is 252 g/mol. The van der Waals surface area contributed by atoms with Crippen LogP contribution in [0, 0.1) is 5.92 Å². The minimum Gasteiger partial charge on any atom is -0.372 e. The molecule has 1 N–H and O–H groups in total. The molecule has 1 unspecified atom stereocenters. The fourth-order valence-electron chi connectivity index (χ4n) is 2.75. The van der Waals surface area contributed by atoms with E-state index in [1.54, 1.807) is 0 Å². The first-order chi connectivity index (χ1) is 9.33. The van der Waals surface area contributed by atoms with Crippen molar-refractivity contribution in [3.05, 3.63) is 35.2 Å². The van der Waals surface area contributed by atoms with E-state index in [-0.39, 0.29) is 0 Å². The van der Waals surface area contributed by atoms with Crippen LogP contribution in [0.15, 0.2) is 40.1 Å². The van der Waals surface area contributed by atoms with Gasteiger partial charge < -0.3 is 10.2 Å². The number of hydrogen-bond donors (Lipinski definition) is 1. The summed E-state index contributed by atoms with van der Waals surface area (Å²) in [5.74, 6) is 0.636. The van der Waals surface area contributed by atoms with E-state index in [9.17, 15) is 0 Å². The molecule has 2 aliphatic rings. The average Bonchev–Trinajstić information content (AvgIpc) is 2.96. The minimum atomic E-state index is 0.636. The molecule has 1 aromatic carbocycles. The first kappa shape index (κ1) is 13.1. The zero-order valence-corrected chi connectivity index (χ0v) is 12.4. The van der Waals surface area contributed by atoms with Gasteiger partial charge in [-0.15, -0.1) is 0 Å². The molecule has 1 atom stereocenters. The number of nitrogens with zero attached hydrogens (tertiary/aromatic N) is 1. The van der Waals surface area contributed by atoms with Crippen LogP contribution in [0.3, 0.4) is 0 Å². The first-order valence-corrected chi connectivity index (χ1v) is 8.08. The quantitative estimate of drug-likeness (QED) is 0.908. The summed E-state index contributed by atoms with van der Waals surface area (Å²) in [6.45, 7) is 6.85. The van der Waals surface area contributed by atoms with Crippen LogP contribution in [0.5, 0.6) is 0 Å². The predicted molar refractivity (Wildman–Crippen MR) is 83.9 cm³/mol. The molecule has 19 heavy (non-hydrogen) atoms. The summed E-state index contributed by atoms with van der Waals surface area (Å²) in [7, 11) is 0. The molecule has 1 saturated heterocycles. The maximum absolute atomic E-state index is 3.40. The van der Waals surface area contributed by atoms with Crippen LogP contribution in [0.4, 0.5) is 5.69 Å². The van der Waals surface area contributed by atoms with Gasteiger partial charge in [0.15, 0.2) is 0 Å². The summed E-state index contributed by atoms with van der Waals surface area (Å²) in [5, 5.41) is 3.40. The molecular formula is C16H22N2S. The smallest absolute Gasteiger partial charge is 0.0366 e. The largest absolute Gasteiger partial charge is 0.372 e. The molecule has 0 aliphatic carbocycles. The van der Waals surface area contributed by atoms with Gasteiger partial charge in [0.1, 0.15) is 0 Å². The van der Waals surface area contributed by atoms with Gasteiger partial charge in [-0.2, -0.15) is 0 Å². The molecule has 0 amide bonds. The number of hydrogen-bond acceptors (Lipinski definition) is 3. The fraction of sp³-hybridized carbons (Fsp3) is 0.500. The summed E-state index contributed by atoms with van der Waals surface area (Å²) in [6.07, 6.45) is 5.01. The van der Waals surface area contributed by atoms with E-state index in [0.717, 1.165) is 13.1 Å². The van der Waals surface area contributed by atoms with E-state index in [4.69, 9.17) is 0 Å². The average molecular weight is 274 g/mol. The van der Waals surface area contributed by atoms with Crippen LogP contribution in [0.25, 0.3) is 0 Å². The van der Waals surface area contributed by atoms with E-state index >= 15 is 0 Å². The second-order valence-corrected chi connectivity index (χ2v) is 6.60. The van der Waals surface area contributed by atoms with E-state index in [1.807, 2.05) is 11.8 Å². The Hall–Kier alpha value is -0.930. The molecule has 0 bridgehead atoms. The highest BCUT2D eigenvalue weighted by Gasteiger charge is 2.15. The van der Waals surface area contributed by atoms with Gasteiger partial charge >= 0.3 is 0 Å². The number of rotatable bonds is 3. The van der Waals surface area contributed by atoms with Crippen molar-refractivity contribution in [1.82, 2.24) is 5.32 Å². The van der Waals surface area contributed by atoms with Gasteiger partial charge in [-0.3, -0.25) is 0 Å². The Bertz CT molecular complexity index is 446. The van der Waals surface area contributed by atoms with Crippen LogP contribution < -0.4 is 10.2 Å². The van der Waals surface area contributed by atoms with Crippen molar-refractivity contribution in [3.8, 4) is 0 Å². The molecule has 2 heterocycles. The highest BCUT2D eigenvalue weighted by atomic mass is 32.2. The zero-order chi connectivity index (χ0) is 13.1. The van der Waals surface area contributed by atoms with Gasteiger partial charge in [0, 0.05) is 36.8 Å². The predicted octanol–water partition coefficient (Wildman–Crippen LogP) is 3.50. The van der Waals surface area contributed by atoms with Crippen LogP contribution in [-0.4, -0.2) is 26.2 Å². The van der Waals surface area contributed by atoms with Gasteiger partial charge in [-0.1, -0.05) is 24.8 Å². The van der Waals surface area contributed by atoms with Crippen molar-refractivity contribution in [1.29, 1.82) is 0 Å². The van der Waals surface area contributed by atoms with Gasteiger partial charge in [-0.05, 0) is 47.9 Å². The first-order valence-electron chi connectivity index (χ1n) is 7.26. The topological polar surface area (TPSA) is 15.3 Å². The normalized spacial score (nSPS) is 23.5. The van der Waals surface area contributed by atoms with Crippen molar-refractivity contribution in [2.24, 2.45) is 5.92 Å². The van der Waals surface area contributed by atoms with Crippen LogP contribution in [0.1, 0.15) is 19.8 Å². The second-order valence-electron chi connectivity index (χ2n) is 5.46. The van der Waals surface area contributed by atoms with Crippen LogP contribution >= 0.6 is 11.8 Å². The Morgan fingerprint density at radius 2 is 1.89 bits per heavy atom. The maximum atomic E-state index is 3.40. The van der Waals surface area contributed by atoms with E-state index in [2.05, 4.69) is 47.5 Å². The summed E-state index contributed by atoms with van der Waals surface area (Å²) in [5.41, 5.74) is 1.38. The van der Waals surface area contributed by atoms with Gasteiger partial charge in [0.05, 0.1) is 0 Å². The monoisotopic (exact) mass is 274 g/mol. The van der Waals surface area contributed by atoms with Gasteiger partial charge in [-0.25, -0.2) is 0 Å². The van der Waals surface area contributed by atoms with Crippen LogP contribution in [-0.2, 0) is 0 Å². The second kappa shape index (κ2) is 6.02. The number of benzene rings is 1. The molecule has 1 aromatic rings. The summed E-state index contributed by atoms with van der Waals surface area (Å²) < 4.78 is 0. The molecule has 0 aromatic heterocycles. The summed E-state index contributed by atoms with van der Waals surface area (Å²) in [6, 6.07) is 9.10. The molecule has 0 spiro atoms. The number of thioether (sulfide) groups is 1.